The third-order valence-electron chi connectivity index (χ3n) is 2.91. The van der Waals surface area contributed by atoms with Gasteiger partial charge in [0.05, 0.1) is 16.1 Å². The number of aryl methyl sites for hydroxylation is 1. The van der Waals surface area contributed by atoms with Gasteiger partial charge in [-0.05, 0) is 42.8 Å². The molecule has 0 atom stereocenters. The third kappa shape index (κ3) is 3.37. The maximum absolute atomic E-state index is 13.1. The Morgan fingerprint density at radius 1 is 1.23 bits per heavy atom. The molecule has 8 heteroatoms. The summed E-state index contributed by atoms with van der Waals surface area (Å²) in [4.78, 5) is 11.0. The van der Waals surface area contributed by atoms with Crippen molar-refractivity contribution in [1.29, 1.82) is 0 Å². The van der Waals surface area contributed by atoms with E-state index >= 15 is 0 Å². The second kappa shape index (κ2) is 5.94. The quantitative estimate of drug-likeness (QED) is 0.892. The van der Waals surface area contributed by atoms with Gasteiger partial charge in [0, 0.05) is 5.02 Å². The minimum atomic E-state index is -4.04. The Balaban J connectivity index is 2.45. The molecule has 0 aliphatic carbocycles. The number of nitrogens with one attached hydrogen (secondary N) is 1. The summed E-state index contributed by atoms with van der Waals surface area (Å²) in [5, 5.41) is 9.28. The van der Waals surface area contributed by atoms with Gasteiger partial charge in [-0.3, -0.25) is 4.72 Å². The average Bonchev–Trinajstić information content (AvgIpc) is 2.43. The van der Waals surface area contributed by atoms with Gasteiger partial charge in [0.15, 0.2) is 0 Å². The Morgan fingerprint density at radius 2 is 1.91 bits per heavy atom. The zero-order valence-corrected chi connectivity index (χ0v) is 12.9. The lowest BCUT2D eigenvalue weighted by Crippen LogP contribution is -2.16. The summed E-state index contributed by atoms with van der Waals surface area (Å²) < 4.78 is 39.8. The van der Waals surface area contributed by atoms with Gasteiger partial charge in [-0.1, -0.05) is 17.7 Å². The van der Waals surface area contributed by atoms with E-state index in [0.717, 1.165) is 18.2 Å². The summed E-state index contributed by atoms with van der Waals surface area (Å²) in [6, 6.07) is 6.87. The number of anilines is 1. The number of rotatable bonds is 4. The lowest BCUT2D eigenvalue weighted by atomic mass is 10.2. The number of carboxylic acid groups (broad SMARTS) is 1. The molecule has 2 aromatic rings. The summed E-state index contributed by atoms with van der Waals surface area (Å²) in [6.07, 6.45) is 0. The highest BCUT2D eigenvalue weighted by Gasteiger charge is 2.19. The van der Waals surface area contributed by atoms with Crippen molar-refractivity contribution in [2.24, 2.45) is 0 Å². The molecule has 0 aliphatic heterocycles. The molecule has 2 N–H and O–H groups in total. The van der Waals surface area contributed by atoms with Crippen molar-refractivity contribution in [1.82, 2.24) is 0 Å². The molecule has 0 bridgehead atoms. The molecule has 2 rings (SSSR count). The summed E-state index contributed by atoms with van der Waals surface area (Å²) >= 11 is 5.89. The standard InChI is InChI=1S/C14H11ClFNO4S/c1-8-2-4-10(7-12(8)15)22(20,21)17-13-5-3-9(16)6-11(13)14(18)19/h2-7,17H,1H3,(H,18,19). The Morgan fingerprint density at radius 3 is 2.50 bits per heavy atom. The Labute approximate surface area is 131 Å². The van der Waals surface area contributed by atoms with E-state index in [1.165, 1.54) is 18.2 Å². The van der Waals surface area contributed by atoms with Crippen LogP contribution in [-0.2, 0) is 10.0 Å². The van der Waals surface area contributed by atoms with E-state index in [1.54, 1.807) is 6.92 Å². The molecule has 0 radical (unpaired) electrons. The third-order valence-corrected chi connectivity index (χ3v) is 4.68. The highest BCUT2D eigenvalue weighted by atomic mass is 35.5. The number of carbonyl (C=O) groups is 1. The number of sulfonamides is 1. The summed E-state index contributed by atoms with van der Waals surface area (Å²) in [6.45, 7) is 1.72. The Hall–Kier alpha value is -2.12. The van der Waals surface area contributed by atoms with Gasteiger partial charge in [-0.15, -0.1) is 0 Å². The molecule has 0 spiro atoms. The lowest BCUT2D eigenvalue weighted by Gasteiger charge is -2.11. The Bertz CT molecular complexity index is 852. The van der Waals surface area contributed by atoms with E-state index in [1.807, 2.05) is 0 Å². The zero-order chi connectivity index (χ0) is 16.5. The molecule has 0 unspecified atom stereocenters. The van der Waals surface area contributed by atoms with Gasteiger partial charge in [0.1, 0.15) is 5.82 Å². The average molecular weight is 344 g/mol. The monoisotopic (exact) mass is 343 g/mol. The first-order valence-corrected chi connectivity index (χ1v) is 7.88. The smallest absolute Gasteiger partial charge is 0.337 e. The van der Waals surface area contributed by atoms with E-state index < -0.39 is 27.4 Å². The van der Waals surface area contributed by atoms with E-state index in [-0.39, 0.29) is 15.6 Å². The fourth-order valence-electron chi connectivity index (χ4n) is 1.73. The molecular formula is C14H11ClFNO4S. The van der Waals surface area contributed by atoms with Crippen LogP contribution in [0.1, 0.15) is 15.9 Å². The first kappa shape index (κ1) is 16.3. The van der Waals surface area contributed by atoms with Crippen LogP contribution in [0.15, 0.2) is 41.3 Å². The SMILES string of the molecule is Cc1ccc(S(=O)(=O)Nc2ccc(F)cc2C(=O)O)cc1Cl. The van der Waals surface area contributed by atoms with E-state index in [0.29, 0.717) is 5.56 Å². The van der Waals surface area contributed by atoms with Gasteiger partial charge in [0.25, 0.3) is 10.0 Å². The predicted molar refractivity (Wildman–Crippen MR) is 80.4 cm³/mol. The number of carboxylic acids is 1. The first-order valence-electron chi connectivity index (χ1n) is 6.02. The Kier molecular flexibility index (Phi) is 4.39. The van der Waals surface area contributed by atoms with Gasteiger partial charge in [-0.25, -0.2) is 17.6 Å². The minimum Gasteiger partial charge on any atom is -0.478 e. The molecule has 22 heavy (non-hydrogen) atoms. The first-order chi connectivity index (χ1) is 10.2. The zero-order valence-electron chi connectivity index (χ0n) is 11.3. The second-order valence-electron chi connectivity index (χ2n) is 4.51. The number of benzene rings is 2. The number of hydrogen-bond acceptors (Lipinski definition) is 3. The van der Waals surface area contributed by atoms with Crippen LogP contribution in [0.2, 0.25) is 5.02 Å². The predicted octanol–water partition coefficient (Wildman–Crippen LogP) is 3.29. The summed E-state index contributed by atoms with van der Waals surface area (Å²) in [5.74, 6) is -2.22. The topological polar surface area (TPSA) is 83.5 Å². The lowest BCUT2D eigenvalue weighted by molar-refractivity contribution is 0.0697. The molecule has 0 amide bonds. The maximum atomic E-state index is 13.1. The normalized spacial score (nSPS) is 11.2. The van der Waals surface area contributed by atoms with Crippen molar-refractivity contribution in [3.63, 3.8) is 0 Å². The highest BCUT2D eigenvalue weighted by Crippen LogP contribution is 2.24. The molecule has 5 nitrogen and oxygen atoms in total. The molecule has 0 fully saturated rings. The van der Waals surface area contributed by atoms with Crippen molar-refractivity contribution >= 4 is 33.3 Å². The number of hydrogen-bond donors (Lipinski definition) is 2. The molecule has 116 valence electrons. The number of halogens is 2. The minimum absolute atomic E-state index is 0.122. The van der Waals surface area contributed by atoms with Crippen molar-refractivity contribution < 1.29 is 22.7 Å². The fourth-order valence-corrected chi connectivity index (χ4v) is 3.08. The van der Waals surface area contributed by atoms with Crippen LogP contribution in [0.3, 0.4) is 0 Å². The van der Waals surface area contributed by atoms with Crippen LogP contribution >= 0.6 is 11.6 Å². The summed E-state index contributed by atoms with van der Waals surface area (Å²) in [7, 11) is -4.04. The molecular weight excluding hydrogens is 333 g/mol. The fraction of sp³-hybridized carbons (Fsp3) is 0.0714. The van der Waals surface area contributed by atoms with Crippen molar-refractivity contribution in [2.75, 3.05) is 4.72 Å². The van der Waals surface area contributed by atoms with Crippen LogP contribution < -0.4 is 4.72 Å². The van der Waals surface area contributed by atoms with E-state index in [4.69, 9.17) is 16.7 Å². The highest BCUT2D eigenvalue weighted by molar-refractivity contribution is 7.92. The van der Waals surface area contributed by atoms with Gasteiger partial charge in [0.2, 0.25) is 0 Å². The molecule has 0 aliphatic rings. The summed E-state index contributed by atoms with van der Waals surface area (Å²) in [5.41, 5.74) is -0.0130. The van der Waals surface area contributed by atoms with Crippen molar-refractivity contribution in [2.45, 2.75) is 11.8 Å². The maximum Gasteiger partial charge on any atom is 0.337 e. The van der Waals surface area contributed by atoms with Crippen LogP contribution in [0.25, 0.3) is 0 Å². The van der Waals surface area contributed by atoms with Crippen molar-refractivity contribution in [3.8, 4) is 0 Å². The number of aromatic carboxylic acids is 1. The van der Waals surface area contributed by atoms with Crippen molar-refractivity contribution in [3.05, 3.63) is 58.4 Å². The van der Waals surface area contributed by atoms with Crippen LogP contribution in [-0.4, -0.2) is 19.5 Å². The van der Waals surface area contributed by atoms with Crippen LogP contribution in [0, 0.1) is 12.7 Å². The molecule has 0 saturated carbocycles. The van der Waals surface area contributed by atoms with Gasteiger partial charge in [-0.2, -0.15) is 0 Å². The van der Waals surface area contributed by atoms with E-state index in [2.05, 4.69) is 4.72 Å². The van der Waals surface area contributed by atoms with E-state index in [9.17, 15) is 17.6 Å². The largest absolute Gasteiger partial charge is 0.478 e. The van der Waals surface area contributed by atoms with Crippen LogP contribution in [0.4, 0.5) is 10.1 Å². The van der Waals surface area contributed by atoms with Crippen LogP contribution in [0.5, 0.6) is 0 Å². The molecule has 0 saturated heterocycles. The van der Waals surface area contributed by atoms with Gasteiger partial charge < -0.3 is 5.11 Å². The second-order valence-corrected chi connectivity index (χ2v) is 6.60. The van der Waals surface area contributed by atoms with Gasteiger partial charge >= 0.3 is 5.97 Å². The molecule has 2 aromatic carbocycles. The molecule has 0 aromatic heterocycles. The molecule has 0 heterocycles.